The second kappa shape index (κ2) is 5.74. The molecule has 0 aliphatic rings. The van der Waals surface area contributed by atoms with Crippen LogP contribution in [0.5, 0.6) is 0 Å². The van der Waals surface area contributed by atoms with Crippen LogP contribution in [0.25, 0.3) is 0 Å². The molecule has 3 nitrogen and oxygen atoms in total. The lowest BCUT2D eigenvalue weighted by Crippen LogP contribution is -2.21. The van der Waals surface area contributed by atoms with E-state index < -0.39 is 0 Å². The summed E-state index contributed by atoms with van der Waals surface area (Å²) in [6.45, 7) is 6.37. The number of furan rings is 1. The molecule has 0 saturated heterocycles. The topological polar surface area (TPSA) is 42.4 Å². The number of benzene rings is 1. The van der Waals surface area contributed by atoms with Crippen LogP contribution in [0.3, 0.4) is 0 Å². The molecule has 18 heavy (non-hydrogen) atoms. The number of nitrogens with two attached hydrogens (primary N) is 1. The van der Waals surface area contributed by atoms with Crippen molar-refractivity contribution in [2.24, 2.45) is 5.73 Å². The largest absolute Gasteiger partial charge is 0.463 e. The first-order chi connectivity index (χ1) is 8.74. The number of para-hydroxylation sites is 1. The van der Waals surface area contributed by atoms with Crippen molar-refractivity contribution in [3.8, 4) is 0 Å². The molecular formula is C15H20N2O. The number of anilines is 1. The second-order valence-corrected chi connectivity index (χ2v) is 4.37. The smallest absolute Gasteiger partial charge is 0.123 e. The highest BCUT2D eigenvalue weighted by atomic mass is 16.3. The number of hydrogen-bond donors (Lipinski definition) is 1. The summed E-state index contributed by atoms with van der Waals surface area (Å²) in [4.78, 5) is 2.28. The van der Waals surface area contributed by atoms with Crippen LogP contribution in [0.4, 0.5) is 5.69 Å². The lowest BCUT2D eigenvalue weighted by molar-refractivity contribution is 0.461. The Bertz CT molecular complexity index is 490. The van der Waals surface area contributed by atoms with Gasteiger partial charge >= 0.3 is 0 Å². The third-order valence-corrected chi connectivity index (χ3v) is 3.11. The molecule has 96 valence electrons. The van der Waals surface area contributed by atoms with Gasteiger partial charge in [0.15, 0.2) is 0 Å². The average Bonchev–Trinajstić information content (AvgIpc) is 2.77. The van der Waals surface area contributed by atoms with Crippen molar-refractivity contribution in [3.05, 3.63) is 53.5 Å². The van der Waals surface area contributed by atoms with E-state index in [0.717, 1.165) is 30.2 Å². The van der Waals surface area contributed by atoms with E-state index in [0.29, 0.717) is 6.54 Å². The second-order valence-electron chi connectivity index (χ2n) is 4.37. The van der Waals surface area contributed by atoms with E-state index in [4.69, 9.17) is 10.2 Å². The molecule has 1 aromatic carbocycles. The van der Waals surface area contributed by atoms with Crippen LogP contribution in [0.15, 0.2) is 40.8 Å². The summed E-state index contributed by atoms with van der Waals surface area (Å²) < 4.78 is 5.75. The van der Waals surface area contributed by atoms with Crippen LogP contribution >= 0.6 is 0 Å². The van der Waals surface area contributed by atoms with E-state index in [9.17, 15) is 0 Å². The molecule has 0 spiro atoms. The average molecular weight is 244 g/mol. The summed E-state index contributed by atoms with van der Waals surface area (Å²) >= 11 is 0. The predicted molar refractivity (Wildman–Crippen MR) is 74.5 cm³/mol. The molecule has 1 aromatic heterocycles. The quantitative estimate of drug-likeness (QED) is 0.879. The van der Waals surface area contributed by atoms with Gasteiger partial charge in [-0.15, -0.1) is 0 Å². The first-order valence-electron chi connectivity index (χ1n) is 6.32. The molecular weight excluding hydrogens is 224 g/mol. The Morgan fingerprint density at radius 2 is 1.94 bits per heavy atom. The van der Waals surface area contributed by atoms with Crippen LogP contribution in [0.2, 0.25) is 0 Å². The molecule has 0 aliphatic heterocycles. The van der Waals surface area contributed by atoms with Crippen molar-refractivity contribution in [2.45, 2.75) is 26.9 Å². The summed E-state index contributed by atoms with van der Waals surface area (Å²) in [5, 5.41) is 0. The summed E-state index contributed by atoms with van der Waals surface area (Å²) in [6.07, 6.45) is 0. The fourth-order valence-corrected chi connectivity index (χ4v) is 2.08. The third-order valence-electron chi connectivity index (χ3n) is 3.11. The lowest BCUT2D eigenvalue weighted by Gasteiger charge is -2.21. The molecule has 0 aliphatic carbocycles. The minimum atomic E-state index is 0.462. The van der Waals surface area contributed by atoms with Gasteiger partial charge in [-0.1, -0.05) is 18.2 Å². The SMILES string of the molecule is CCN(Cc1cc(C)c(CN)o1)c1ccccc1. The Labute approximate surface area is 108 Å². The maximum atomic E-state index is 5.75. The van der Waals surface area contributed by atoms with Crippen molar-refractivity contribution < 1.29 is 4.42 Å². The Balaban J connectivity index is 2.15. The lowest BCUT2D eigenvalue weighted by atomic mass is 10.2. The first kappa shape index (κ1) is 12.7. The van der Waals surface area contributed by atoms with Crippen LogP contribution in [-0.2, 0) is 13.1 Å². The zero-order chi connectivity index (χ0) is 13.0. The highest BCUT2D eigenvalue weighted by Crippen LogP contribution is 2.20. The summed E-state index contributed by atoms with van der Waals surface area (Å²) in [5.41, 5.74) is 7.98. The van der Waals surface area contributed by atoms with Gasteiger partial charge in [-0.3, -0.25) is 0 Å². The molecule has 0 amide bonds. The van der Waals surface area contributed by atoms with Gasteiger partial charge in [0, 0.05) is 12.2 Å². The van der Waals surface area contributed by atoms with Crippen LogP contribution in [0.1, 0.15) is 24.0 Å². The monoisotopic (exact) mass is 244 g/mol. The molecule has 2 N–H and O–H groups in total. The van der Waals surface area contributed by atoms with E-state index in [2.05, 4.69) is 42.2 Å². The standard InChI is InChI=1S/C15H20N2O/c1-3-17(13-7-5-4-6-8-13)11-14-9-12(2)15(10-16)18-14/h4-9H,3,10-11,16H2,1-2H3. The number of nitrogens with zero attached hydrogens (tertiary/aromatic N) is 1. The first-order valence-corrected chi connectivity index (χ1v) is 6.32. The van der Waals surface area contributed by atoms with Crippen LogP contribution in [0, 0.1) is 6.92 Å². The molecule has 3 heteroatoms. The molecule has 2 rings (SSSR count). The van der Waals surface area contributed by atoms with Gasteiger partial charge in [-0.05, 0) is 37.6 Å². The van der Waals surface area contributed by atoms with Gasteiger partial charge in [0.1, 0.15) is 11.5 Å². The van der Waals surface area contributed by atoms with Gasteiger partial charge in [0.05, 0.1) is 13.1 Å². The molecule has 1 heterocycles. The minimum absolute atomic E-state index is 0.462. The van der Waals surface area contributed by atoms with Gasteiger partial charge in [0.25, 0.3) is 0 Å². The van der Waals surface area contributed by atoms with Gasteiger partial charge in [-0.2, -0.15) is 0 Å². The molecule has 0 radical (unpaired) electrons. The highest BCUT2D eigenvalue weighted by Gasteiger charge is 2.10. The molecule has 2 aromatic rings. The fourth-order valence-electron chi connectivity index (χ4n) is 2.08. The van der Waals surface area contributed by atoms with Crippen molar-refractivity contribution in [2.75, 3.05) is 11.4 Å². The maximum absolute atomic E-state index is 5.75. The summed E-state index contributed by atoms with van der Waals surface area (Å²) in [6, 6.07) is 12.4. The number of rotatable bonds is 5. The van der Waals surface area contributed by atoms with Crippen molar-refractivity contribution in [3.63, 3.8) is 0 Å². The zero-order valence-electron chi connectivity index (χ0n) is 11.0. The molecule has 0 saturated carbocycles. The number of aryl methyl sites for hydroxylation is 1. The van der Waals surface area contributed by atoms with Crippen molar-refractivity contribution in [1.29, 1.82) is 0 Å². The Morgan fingerprint density at radius 1 is 1.22 bits per heavy atom. The third kappa shape index (κ3) is 2.74. The van der Waals surface area contributed by atoms with Gasteiger partial charge in [-0.25, -0.2) is 0 Å². The van der Waals surface area contributed by atoms with Crippen molar-refractivity contribution >= 4 is 5.69 Å². The van der Waals surface area contributed by atoms with Crippen LogP contribution < -0.4 is 10.6 Å². The zero-order valence-corrected chi connectivity index (χ0v) is 11.0. The van der Waals surface area contributed by atoms with Crippen molar-refractivity contribution in [1.82, 2.24) is 0 Å². The van der Waals surface area contributed by atoms with E-state index in [1.807, 2.05) is 13.0 Å². The molecule has 0 fully saturated rings. The summed E-state index contributed by atoms with van der Waals surface area (Å²) in [7, 11) is 0. The van der Waals surface area contributed by atoms with Gasteiger partial charge in [0.2, 0.25) is 0 Å². The van der Waals surface area contributed by atoms with E-state index in [-0.39, 0.29) is 0 Å². The fraction of sp³-hybridized carbons (Fsp3) is 0.333. The normalized spacial score (nSPS) is 10.6. The summed E-state index contributed by atoms with van der Waals surface area (Å²) in [5.74, 6) is 1.85. The van der Waals surface area contributed by atoms with Gasteiger partial charge < -0.3 is 15.1 Å². The number of hydrogen-bond acceptors (Lipinski definition) is 3. The van der Waals surface area contributed by atoms with E-state index in [1.54, 1.807) is 0 Å². The molecule has 0 unspecified atom stereocenters. The molecule has 0 atom stereocenters. The van der Waals surface area contributed by atoms with E-state index >= 15 is 0 Å². The van der Waals surface area contributed by atoms with Crippen LogP contribution in [-0.4, -0.2) is 6.54 Å². The predicted octanol–water partition coefficient (Wildman–Crippen LogP) is 3.07. The Hall–Kier alpha value is -1.74. The highest BCUT2D eigenvalue weighted by molar-refractivity contribution is 5.46. The molecule has 0 bridgehead atoms. The maximum Gasteiger partial charge on any atom is 0.123 e. The Morgan fingerprint density at radius 3 is 2.50 bits per heavy atom. The van der Waals surface area contributed by atoms with E-state index in [1.165, 1.54) is 5.69 Å². The minimum Gasteiger partial charge on any atom is -0.463 e. The Kier molecular flexibility index (Phi) is 4.05.